The molecule has 0 fully saturated rings. The number of ether oxygens (including phenoxy) is 1. The fourth-order valence-corrected chi connectivity index (χ4v) is 2.32. The molecule has 1 heterocycles. The van der Waals surface area contributed by atoms with E-state index in [1.54, 1.807) is 6.92 Å². The number of rotatable bonds is 6. The molecule has 0 atom stereocenters. The minimum absolute atomic E-state index is 0.0623. The van der Waals surface area contributed by atoms with Crippen LogP contribution in [-0.4, -0.2) is 47.9 Å². The van der Waals surface area contributed by atoms with Crippen molar-refractivity contribution in [1.29, 1.82) is 0 Å². The first-order valence-corrected chi connectivity index (χ1v) is 6.42. The maximum Gasteiger partial charge on any atom is 0.405 e. The molecule has 0 spiro atoms. The molecule has 114 valence electrons. The van der Waals surface area contributed by atoms with Crippen molar-refractivity contribution in [2.45, 2.75) is 13.1 Å². The van der Waals surface area contributed by atoms with Gasteiger partial charge in [0.25, 0.3) is 0 Å². The van der Waals surface area contributed by atoms with Crippen molar-refractivity contribution in [2.75, 3.05) is 36.9 Å². The number of hydrogen-bond acceptors (Lipinski definition) is 7. The summed E-state index contributed by atoms with van der Waals surface area (Å²) in [5, 5.41) is 8.80. The molecule has 3 N–H and O–H groups in total. The van der Waals surface area contributed by atoms with Crippen molar-refractivity contribution < 1.29 is 27.8 Å². The number of anilines is 2. The fourth-order valence-electron chi connectivity index (χ4n) is 1.49. The van der Waals surface area contributed by atoms with Gasteiger partial charge >= 0.3 is 12.1 Å². The highest BCUT2D eigenvalue weighted by atomic mass is 32.1. The van der Waals surface area contributed by atoms with Crippen LogP contribution in [-0.2, 0) is 4.74 Å². The number of aliphatic hydroxyl groups excluding tert-OH is 1. The monoisotopic (exact) mass is 313 g/mol. The molecule has 0 unspecified atom stereocenters. The van der Waals surface area contributed by atoms with Crippen molar-refractivity contribution in [3.63, 3.8) is 0 Å². The Balaban J connectivity index is 3.10. The summed E-state index contributed by atoms with van der Waals surface area (Å²) >= 11 is 0.658. The first-order chi connectivity index (χ1) is 9.30. The number of aromatic nitrogens is 1. The van der Waals surface area contributed by atoms with E-state index in [1.165, 1.54) is 0 Å². The lowest BCUT2D eigenvalue weighted by Crippen LogP contribution is -2.36. The average molecular weight is 313 g/mol. The largest absolute Gasteiger partial charge is 0.462 e. The second kappa shape index (κ2) is 6.75. The second-order valence-corrected chi connectivity index (χ2v) is 4.48. The number of esters is 1. The van der Waals surface area contributed by atoms with Crippen molar-refractivity contribution in [2.24, 2.45) is 0 Å². The maximum absolute atomic E-state index is 12.5. The number of carbonyl (C=O) groups is 1. The molecule has 0 aliphatic heterocycles. The number of nitrogen functional groups attached to an aromatic ring is 1. The molecule has 0 aliphatic carbocycles. The van der Waals surface area contributed by atoms with Crippen LogP contribution in [0.5, 0.6) is 0 Å². The smallest absolute Gasteiger partial charge is 0.405 e. The van der Waals surface area contributed by atoms with E-state index in [0.29, 0.717) is 11.5 Å². The minimum Gasteiger partial charge on any atom is -0.462 e. The standard InChI is InChI=1S/C10H14F3N3O3S/c1-2-19-9(18)6-7(14)15-20-8(6)16(3-4-17)5-10(11,12)13/h17H,2-5H2,1H3,(H2,14,15). The number of alkyl halides is 3. The van der Waals surface area contributed by atoms with Gasteiger partial charge in [-0.15, -0.1) is 0 Å². The normalized spacial score (nSPS) is 11.4. The Morgan fingerprint density at radius 3 is 2.70 bits per heavy atom. The molecule has 10 heteroatoms. The summed E-state index contributed by atoms with van der Waals surface area (Å²) in [6.45, 7) is -0.493. The fraction of sp³-hybridized carbons (Fsp3) is 0.600. The van der Waals surface area contributed by atoms with E-state index in [-0.39, 0.29) is 29.5 Å². The van der Waals surface area contributed by atoms with Crippen LogP contribution in [0.25, 0.3) is 0 Å². The van der Waals surface area contributed by atoms with E-state index < -0.39 is 25.3 Å². The number of aliphatic hydroxyl groups is 1. The number of nitrogens with zero attached hydrogens (tertiary/aromatic N) is 2. The molecule has 1 rings (SSSR count). The van der Waals surface area contributed by atoms with Crippen LogP contribution >= 0.6 is 11.5 Å². The Morgan fingerprint density at radius 1 is 1.55 bits per heavy atom. The Bertz CT molecular complexity index is 464. The van der Waals surface area contributed by atoms with E-state index in [0.717, 1.165) is 4.90 Å². The summed E-state index contributed by atoms with van der Waals surface area (Å²) in [6.07, 6.45) is -4.49. The lowest BCUT2D eigenvalue weighted by molar-refractivity contribution is -0.119. The average Bonchev–Trinajstić information content (AvgIpc) is 2.69. The minimum atomic E-state index is -4.49. The highest BCUT2D eigenvalue weighted by molar-refractivity contribution is 7.11. The molecular weight excluding hydrogens is 299 g/mol. The summed E-state index contributed by atoms with van der Waals surface area (Å²) in [6, 6.07) is 0. The third-order valence-corrected chi connectivity index (χ3v) is 3.13. The molecule has 1 aromatic rings. The van der Waals surface area contributed by atoms with Crippen molar-refractivity contribution in [1.82, 2.24) is 4.37 Å². The van der Waals surface area contributed by atoms with E-state index >= 15 is 0 Å². The third kappa shape index (κ3) is 4.23. The molecule has 0 aliphatic rings. The Hall–Kier alpha value is -1.55. The van der Waals surface area contributed by atoms with Gasteiger partial charge in [-0.3, -0.25) is 0 Å². The van der Waals surface area contributed by atoms with Gasteiger partial charge in [0, 0.05) is 6.54 Å². The van der Waals surface area contributed by atoms with Gasteiger partial charge in [-0.1, -0.05) is 0 Å². The van der Waals surface area contributed by atoms with Gasteiger partial charge < -0.3 is 20.5 Å². The van der Waals surface area contributed by atoms with Crippen LogP contribution in [0, 0.1) is 0 Å². The lowest BCUT2D eigenvalue weighted by atomic mass is 10.3. The van der Waals surface area contributed by atoms with E-state index in [4.69, 9.17) is 15.6 Å². The van der Waals surface area contributed by atoms with Gasteiger partial charge in [-0.25, -0.2) is 4.79 Å². The molecule has 1 aromatic heterocycles. The lowest BCUT2D eigenvalue weighted by Gasteiger charge is -2.23. The van der Waals surface area contributed by atoms with Crippen molar-refractivity contribution >= 4 is 28.3 Å². The quantitative estimate of drug-likeness (QED) is 0.769. The summed E-state index contributed by atoms with van der Waals surface area (Å²) < 4.78 is 46.0. The maximum atomic E-state index is 12.5. The predicted molar refractivity (Wildman–Crippen MR) is 67.8 cm³/mol. The molecule has 20 heavy (non-hydrogen) atoms. The van der Waals surface area contributed by atoms with Crippen LogP contribution < -0.4 is 10.6 Å². The highest BCUT2D eigenvalue weighted by Crippen LogP contribution is 2.33. The first kappa shape index (κ1) is 16.5. The summed E-state index contributed by atoms with van der Waals surface area (Å²) in [4.78, 5) is 12.5. The van der Waals surface area contributed by atoms with E-state index in [2.05, 4.69) is 4.37 Å². The summed E-state index contributed by atoms with van der Waals surface area (Å²) in [7, 11) is 0. The summed E-state index contributed by atoms with van der Waals surface area (Å²) in [5.74, 6) is -1.02. The van der Waals surface area contributed by atoms with Crippen molar-refractivity contribution in [3.8, 4) is 0 Å². The number of hydrogen-bond donors (Lipinski definition) is 2. The predicted octanol–water partition coefficient (Wildman–Crippen LogP) is 1.26. The molecular formula is C10H14F3N3O3S. The topological polar surface area (TPSA) is 88.7 Å². The van der Waals surface area contributed by atoms with Gasteiger partial charge in [0.15, 0.2) is 5.82 Å². The molecule has 0 radical (unpaired) electrons. The van der Waals surface area contributed by atoms with E-state index in [1.807, 2.05) is 0 Å². The van der Waals surface area contributed by atoms with Gasteiger partial charge in [-0.05, 0) is 18.5 Å². The molecule has 0 saturated carbocycles. The second-order valence-electron chi connectivity index (χ2n) is 3.73. The molecule has 0 amide bonds. The number of halogens is 3. The first-order valence-electron chi connectivity index (χ1n) is 5.65. The van der Waals surface area contributed by atoms with Crippen LogP contribution in [0.15, 0.2) is 0 Å². The SMILES string of the molecule is CCOC(=O)c1c(N)nsc1N(CCO)CC(F)(F)F. The van der Waals surface area contributed by atoms with E-state index in [9.17, 15) is 18.0 Å². The van der Waals surface area contributed by atoms with Gasteiger partial charge in [0.05, 0.1) is 13.2 Å². The van der Waals surface area contributed by atoms with Gasteiger partial charge in [-0.2, -0.15) is 17.5 Å². The molecule has 6 nitrogen and oxygen atoms in total. The Labute approximate surface area is 117 Å². The van der Waals surface area contributed by atoms with Crippen LogP contribution in [0.1, 0.15) is 17.3 Å². The zero-order chi connectivity index (χ0) is 15.3. The van der Waals surface area contributed by atoms with Crippen molar-refractivity contribution in [3.05, 3.63) is 5.56 Å². The van der Waals surface area contributed by atoms with Crippen LogP contribution in [0.4, 0.5) is 24.0 Å². The van der Waals surface area contributed by atoms with Gasteiger partial charge in [0.2, 0.25) is 0 Å². The number of nitrogens with two attached hydrogens (primary N) is 1. The van der Waals surface area contributed by atoms with Gasteiger partial charge in [0.1, 0.15) is 17.1 Å². The van der Waals surface area contributed by atoms with Crippen LogP contribution in [0.2, 0.25) is 0 Å². The molecule has 0 bridgehead atoms. The third-order valence-electron chi connectivity index (χ3n) is 2.21. The summed E-state index contributed by atoms with van der Waals surface area (Å²) in [5.41, 5.74) is 5.30. The molecule has 0 saturated heterocycles. The number of carbonyl (C=O) groups excluding carboxylic acids is 1. The zero-order valence-corrected chi connectivity index (χ0v) is 11.4. The Morgan fingerprint density at radius 2 is 2.20 bits per heavy atom. The highest BCUT2D eigenvalue weighted by Gasteiger charge is 2.34. The molecule has 0 aromatic carbocycles. The van der Waals surface area contributed by atoms with Crippen LogP contribution in [0.3, 0.4) is 0 Å². The zero-order valence-electron chi connectivity index (χ0n) is 10.6. The Kier molecular flexibility index (Phi) is 5.57.